The Morgan fingerprint density at radius 1 is 1.25 bits per heavy atom. The molecule has 1 fully saturated rings. The number of halogens is 2. The first-order valence-electron chi connectivity index (χ1n) is 5.68. The number of carbonyl (C=O) groups excluding carboxylic acids is 1. The Balaban J connectivity index is 2.16. The summed E-state index contributed by atoms with van der Waals surface area (Å²) in [5.41, 5.74) is 0.507. The third kappa shape index (κ3) is 2.51. The van der Waals surface area contributed by atoms with Crippen molar-refractivity contribution in [3.05, 3.63) is 34.1 Å². The van der Waals surface area contributed by atoms with E-state index in [9.17, 15) is 9.18 Å². The highest BCUT2D eigenvalue weighted by molar-refractivity contribution is 9.10. The molecular weight excluding hydrogens is 271 g/mol. The number of hydrogen-bond acceptors (Lipinski definition) is 1. The van der Waals surface area contributed by atoms with Gasteiger partial charge in [0.2, 0.25) is 0 Å². The maximum atomic E-state index is 13.3. The van der Waals surface area contributed by atoms with Gasteiger partial charge in [-0.25, -0.2) is 4.39 Å². The van der Waals surface area contributed by atoms with Crippen LogP contribution in [0, 0.1) is 11.7 Å². The van der Waals surface area contributed by atoms with Crippen LogP contribution >= 0.6 is 15.9 Å². The summed E-state index contributed by atoms with van der Waals surface area (Å²) in [6.45, 7) is 0. The molecule has 2 rings (SSSR count). The average molecular weight is 285 g/mol. The zero-order chi connectivity index (χ0) is 11.5. The number of Topliss-reactive ketones (excluding diaryl/α,β-unsaturated/α-hetero) is 1. The fraction of sp³-hybridized carbons (Fsp3) is 0.462. The number of benzene rings is 1. The van der Waals surface area contributed by atoms with Gasteiger partial charge in [-0.3, -0.25) is 4.79 Å². The topological polar surface area (TPSA) is 17.1 Å². The molecular formula is C13H14BrFO. The van der Waals surface area contributed by atoms with E-state index in [1.54, 1.807) is 12.1 Å². The molecule has 0 radical (unpaired) electrons. The monoisotopic (exact) mass is 284 g/mol. The molecule has 0 aromatic heterocycles. The van der Waals surface area contributed by atoms with E-state index in [2.05, 4.69) is 15.9 Å². The average Bonchev–Trinajstić information content (AvgIpc) is 2.33. The summed E-state index contributed by atoms with van der Waals surface area (Å²) in [6.07, 6.45) is 5.37. The Labute approximate surface area is 103 Å². The van der Waals surface area contributed by atoms with Crippen molar-refractivity contribution in [1.29, 1.82) is 0 Å². The van der Waals surface area contributed by atoms with Crippen molar-refractivity contribution in [2.75, 3.05) is 0 Å². The molecule has 86 valence electrons. The lowest BCUT2D eigenvalue weighted by Crippen LogP contribution is -2.17. The molecule has 0 saturated heterocycles. The minimum absolute atomic E-state index is 0.103. The Hall–Kier alpha value is -0.700. The third-order valence-electron chi connectivity index (χ3n) is 3.18. The molecule has 0 atom stereocenters. The van der Waals surface area contributed by atoms with Crippen molar-refractivity contribution in [2.24, 2.45) is 5.92 Å². The SMILES string of the molecule is O=C(c1ccc(Br)c(F)c1)C1CCCCC1. The second kappa shape index (κ2) is 5.09. The standard InChI is InChI=1S/C13H14BrFO/c14-11-7-6-10(8-12(11)15)13(16)9-4-2-1-3-5-9/h6-9H,1-5H2. The first-order chi connectivity index (χ1) is 7.68. The first-order valence-corrected chi connectivity index (χ1v) is 6.47. The van der Waals surface area contributed by atoms with Gasteiger partial charge in [0.1, 0.15) is 5.82 Å². The number of rotatable bonds is 2. The van der Waals surface area contributed by atoms with Crippen LogP contribution in [0.15, 0.2) is 22.7 Å². The van der Waals surface area contributed by atoms with Crippen LogP contribution in [0.3, 0.4) is 0 Å². The van der Waals surface area contributed by atoms with Crippen molar-refractivity contribution in [1.82, 2.24) is 0 Å². The summed E-state index contributed by atoms with van der Waals surface area (Å²) in [6, 6.07) is 4.64. The molecule has 0 spiro atoms. The van der Waals surface area contributed by atoms with Gasteiger partial charge < -0.3 is 0 Å². The molecule has 3 heteroatoms. The molecule has 0 bridgehead atoms. The first kappa shape index (κ1) is 11.8. The van der Waals surface area contributed by atoms with E-state index in [0.29, 0.717) is 10.0 Å². The Bertz CT molecular complexity index is 397. The summed E-state index contributed by atoms with van der Waals surface area (Å²) in [4.78, 5) is 12.1. The van der Waals surface area contributed by atoms with Crippen LogP contribution in [0.4, 0.5) is 4.39 Å². The van der Waals surface area contributed by atoms with E-state index in [-0.39, 0.29) is 17.5 Å². The molecule has 0 N–H and O–H groups in total. The molecule has 0 unspecified atom stereocenters. The molecule has 1 aromatic carbocycles. The maximum Gasteiger partial charge on any atom is 0.166 e. The van der Waals surface area contributed by atoms with Gasteiger partial charge in [-0.1, -0.05) is 25.3 Å². The van der Waals surface area contributed by atoms with E-state index >= 15 is 0 Å². The summed E-state index contributed by atoms with van der Waals surface area (Å²) >= 11 is 3.09. The van der Waals surface area contributed by atoms with Crippen LogP contribution in [0.5, 0.6) is 0 Å². The van der Waals surface area contributed by atoms with E-state index in [1.165, 1.54) is 12.5 Å². The molecule has 1 aliphatic carbocycles. The Morgan fingerprint density at radius 3 is 2.56 bits per heavy atom. The van der Waals surface area contributed by atoms with Crippen LogP contribution in [0.25, 0.3) is 0 Å². The Morgan fingerprint density at radius 2 is 1.94 bits per heavy atom. The molecule has 0 amide bonds. The molecule has 0 heterocycles. The zero-order valence-electron chi connectivity index (χ0n) is 9.01. The second-order valence-corrected chi connectivity index (χ2v) is 5.18. The van der Waals surface area contributed by atoms with E-state index < -0.39 is 0 Å². The Kier molecular flexibility index (Phi) is 3.74. The van der Waals surface area contributed by atoms with E-state index in [4.69, 9.17) is 0 Å². The van der Waals surface area contributed by atoms with Crippen LogP contribution in [-0.2, 0) is 0 Å². The quantitative estimate of drug-likeness (QED) is 0.738. The molecule has 1 aromatic rings. The number of carbonyl (C=O) groups is 1. The highest BCUT2D eigenvalue weighted by Gasteiger charge is 2.22. The minimum atomic E-state index is -0.360. The molecule has 16 heavy (non-hydrogen) atoms. The van der Waals surface area contributed by atoms with Crippen LogP contribution in [0.1, 0.15) is 42.5 Å². The van der Waals surface area contributed by atoms with Crippen molar-refractivity contribution >= 4 is 21.7 Å². The van der Waals surface area contributed by atoms with Crippen LogP contribution in [-0.4, -0.2) is 5.78 Å². The van der Waals surface area contributed by atoms with Crippen LogP contribution in [0.2, 0.25) is 0 Å². The highest BCUT2D eigenvalue weighted by Crippen LogP contribution is 2.27. The lowest BCUT2D eigenvalue weighted by atomic mass is 9.84. The smallest absolute Gasteiger partial charge is 0.166 e. The predicted octanol–water partition coefficient (Wildman–Crippen LogP) is 4.35. The highest BCUT2D eigenvalue weighted by atomic mass is 79.9. The largest absolute Gasteiger partial charge is 0.294 e. The van der Waals surface area contributed by atoms with Crippen molar-refractivity contribution < 1.29 is 9.18 Å². The van der Waals surface area contributed by atoms with Gasteiger partial charge in [0, 0.05) is 11.5 Å². The maximum absolute atomic E-state index is 13.3. The second-order valence-electron chi connectivity index (χ2n) is 4.33. The lowest BCUT2D eigenvalue weighted by Gasteiger charge is -2.20. The number of ketones is 1. The van der Waals surface area contributed by atoms with Gasteiger partial charge in [-0.15, -0.1) is 0 Å². The molecule has 1 saturated carbocycles. The van der Waals surface area contributed by atoms with Gasteiger partial charge in [0.15, 0.2) is 5.78 Å². The van der Waals surface area contributed by atoms with Gasteiger partial charge in [0.05, 0.1) is 4.47 Å². The van der Waals surface area contributed by atoms with Crippen LogP contribution < -0.4 is 0 Å². The fourth-order valence-corrected chi connectivity index (χ4v) is 2.50. The normalized spacial score (nSPS) is 17.4. The van der Waals surface area contributed by atoms with E-state index in [0.717, 1.165) is 25.7 Å². The fourth-order valence-electron chi connectivity index (χ4n) is 2.25. The minimum Gasteiger partial charge on any atom is -0.294 e. The van der Waals surface area contributed by atoms with Gasteiger partial charge in [0.25, 0.3) is 0 Å². The van der Waals surface area contributed by atoms with Crippen molar-refractivity contribution in [3.8, 4) is 0 Å². The van der Waals surface area contributed by atoms with E-state index in [1.807, 2.05) is 0 Å². The van der Waals surface area contributed by atoms with Crippen molar-refractivity contribution in [3.63, 3.8) is 0 Å². The summed E-state index contributed by atoms with van der Waals surface area (Å²) < 4.78 is 13.7. The van der Waals surface area contributed by atoms with Crippen molar-refractivity contribution in [2.45, 2.75) is 32.1 Å². The third-order valence-corrected chi connectivity index (χ3v) is 3.82. The van der Waals surface area contributed by atoms with Gasteiger partial charge in [-0.05, 0) is 40.9 Å². The molecule has 1 aliphatic rings. The summed E-state index contributed by atoms with van der Waals surface area (Å²) in [5.74, 6) is -0.151. The summed E-state index contributed by atoms with van der Waals surface area (Å²) in [7, 11) is 0. The van der Waals surface area contributed by atoms with Gasteiger partial charge >= 0.3 is 0 Å². The molecule has 1 nitrogen and oxygen atoms in total. The summed E-state index contributed by atoms with van der Waals surface area (Å²) in [5, 5.41) is 0. The zero-order valence-corrected chi connectivity index (χ0v) is 10.6. The lowest BCUT2D eigenvalue weighted by molar-refractivity contribution is 0.0889. The molecule has 0 aliphatic heterocycles. The predicted molar refractivity (Wildman–Crippen MR) is 65.0 cm³/mol. The van der Waals surface area contributed by atoms with Gasteiger partial charge in [-0.2, -0.15) is 0 Å². The number of hydrogen-bond donors (Lipinski definition) is 0.